The van der Waals surface area contributed by atoms with Crippen molar-refractivity contribution in [3.8, 4) is 0 Å². The molecule has 0 aliphatic carbocycles. The fourth-order valence-electron chi connectivity index (χ4n) is 0.810. The normalized spacial score (nSPS) is 9.75. The average molecular weight is 167 g/mol. The summed E-state index contributed by atoms with van der Waals surface area (Å²) in [6.45, 7) is 0.623. The van der Waals surface area contributed by atoms with Crippen LogP contribution in [-0.2, 0) is 6.54 Å². The van der Waals surface area contributed by atoms with Gasteiger partial charge in [0.25, 0.3) is 5.69 Å². The number of pyridine rings is 1. The van der Waals surface area contributed by atoms with Crippen LogP contribution in [0.1, 0.15) is 5.69 Å². The van der Waals surface area contributed by atoms with Gasteiger partial charge in [0, 0.05) is 12.6 Å². The Bertz CT molecular complexity index is 270. The predicted molar refractivity (Wildman–Crippen MR) is 43.7 cm³/mol. The average Bonchev–Trinajstić information content (AvgIpc) is 2.06. The molecule has 0 fully saturated rings. The van der Waals surface area contributed by atoms with Gasteiger partial charge in [-0.15, -0.1) is 0 Å². The number of nitrogens with one attached hydrogen (secondary N) is 1. The molecule has 0 saturated heterocycles. The van der Waals surface area contributed by atoms with E-state index in [2.05, 4.69) is 10.3 Å². The highest BCUT2D eigenvalue weighted by Crippen LogP contribution is 2.08. The molecule has 5 heteroatoms. The molecule has 1 aromatic heterocycles. The molecule has 0 unspecified atom stereocenters. The van der Waals surface area contributed by atoms with Crippen LogP contribution in [0.2, 0.25) is 0 Å². The van der Waals surface area contributed by atoms with Crippen molar-refractivity contribution in [3.05, 3.63) is 34.1 Å². The summed E-state index contributed by atoms with van der Waals surface area (Å²) in [4.78, 5) is 13.6. The number of aromatic nitrogens is 1. The maximum atomic E-state index is 10.2. The van der Waals surface area contributed by atoms with Crippen LogP contribution < -0.4 is 5.32 Å². The third kappa shape index (κ3) is 2.00. The van der Waals surface area contributed by atoms with Gasteiger partial charge in [-0.3, -0.25) is 15.1 Å². The highest BCUT2D eigenvalue weighted by Gasteiger charge is 2.03. The summed E-state index contributed by atoms with van der Waals surface area (Å²) in [6.07, 6.45) is 1.26. The van der Waals surface area contributed by atoms with Crippen molar-refractivity contribution in [2.75, 3.05) is 7.05 Å². The van der Waals surface area contributed by atoms with Crippen LogP contribution in [-0.4, -0.2) is 17.0 Å². The fourth-order valence-corrected chi connectivity index (χ4v) is 0.810. The van der Waals surface area contributed by atoms with Gasteiger partial charge in [0.2, 0.25) is 0 Å². The van der Waals surface area contributed by atoms with Crippen LogP contribution in [0.3, 0.4) is 0 Å². The predicted octanol–water partition coefficient (Wildman–Crippen LogP) is 0.709. The molecule has 0 amide bonds. The Morgan fingerprint density at radius 3 is 2.83 bits per heavy atom. The van der Waals surface area contributed by atoms with Gasteiger partial charge >= 0.3 is 0 Å². The van der Waals surface area contributed by atoms with Crippen molar-refractivity contribution < 1.29 is 4.92 Å². The Kier molecular flexibility index (Phi) is 2.71. The Morgan fingerprint density at radius 2 is 2.42 bits per heavy atom. The minimum Gasteiger partial charge on any atom is -0.314 e. The summed E-state index contributed by atoms with van der Waals surface area (Å²) >= 11 is 0. The number of rotatable bonds is 3. The van der Waals surface area contributed by atoms with Crippen molar-refractivity contribution in [2.45, 2.75) is 6.54 Å². The molecule has 0 aromatic carbocycles. The number of nitrogens with zero attached hydrogens (tertiary/aromatic N) is 2. The second-order valence-electron chi connectivity index (χ2n) is 2.30. The Hall–Kier alpha value is -1.49. The van der Waals surface area contributed by atoms with E-state index in [4.69, 9.17) is 0 Å². The summed E-state index contributed by atoms with van der Waals surface area (Å²) in [5, 5.41) is 13.1. The molecule has 12 heavy (non-hydrogen) atoms. The molecule has 1 aromatic rings. The van der Waals surface area contributed by atoms with E-state index in [1.165, 1.54) is 12.3 Å². The lowest BCUT2D eigenvalue weighted by atomic mass is 10.3. The van der Waals surface area contributed by atoms with E-state index in [0.29, 0.717) is 6.54 Å². The zero-order valence-corrected chi connectivity index (χ0v) is 6.65. The largest absolute Gasteiger partial charge is 0.314 e. The molecular weight excluding hydrogens is 158 g/mol. The lowest BCUT2D eigenvalue weighted by molar-refractivity contribution is -0.385. The van der Waals surface area contributed by atoms with Gasteiger partial charge in [-0.25, -0.2) is 0 Å². The van der Waals surface area contributed by atoms with Gasteiger partial charge in [0.05, 0.1) is 10.6 Å². The molecule has 0 bridgehead atoms. The lowest BCUT2D eigenvalue weighted by Crippen LogP contribution is -2.06. The maximum absolute atomic E-state index is 10.2. The molecule has 1 heterocycles. The van der Waals surface area contributed by atoms with Crippen LogP contribution in [0, 0.1) is 10.1 Å². The highest BCUT2D eigenvalue weighted by atomic mass is 16.6. The molecule has 0 saturated carbocycles. The van der Waals surface area contributed by atoms with Gasteiger partial charge in [-0.05, 0) is 13.1 Å². The second-order valence-corrected chi connectivity index (χ2v) is 2.30. The Labute approximate surface area is 69.6 Å². The third-order valence-corrected chi connectivity index (χ3v) is 1.38. The Morgan fingerprint density at radius 1 is 1.67 bits per heavy atom. The smallest absolute Gasteiger partial charge is 0.287 e. The van der Waals surface area contributed by atoms with Crippen molar-refractivity contribution in [1.82, 2.24) is 10.3 Å². The molecular formula is C7H9N3O2. The molecule has 1 rings (SSSR count). The first-order valence-electron chi connectivity index (χ1n) is 3.48. The molecule has 5 nitrogen and oxygen atoms in total. The third-order valence-electron chi connectivity index (χ3n) is 1.38. The topological polar surface area (TPSA) is 68.1 Å². The fraction of sp³-hybridized carbons (Fsp3) is 0.286. The van der Waals surface area contributed by atoms with Crippen LogP contribution in [0.25, 0.3) is 0 Å². The minimum absolute atomic E-state index is 0.0230. The number of nitro groups is 1. The van der Waals surface area contributed by atoms with Gasteiger partial charge in [-0.2, -0.15) is 0 Å². The first-order valence-corrected chi connectivity index (χ1v) is 3.48. The standard InChI is InChI=1S/C7H9N3O2/c1-8-4-6-2-3-7(5-9-6)10(11)12/h2-3,5,8H,4H2,1H3. The minimum atomic E-state index is -0.462. The van der Waals surface area contributed by atoms with Crippen LogP contribution in [0.15, 0.2) is 18.3 Å². The summed E-state index contributed by atoms with van der Waals surface area (Å²) in [5.74, 6) is 0. The molecule has 64 valence electrons. The molecule has 0 atom stereocenters. The molecule has 0 spiro atoms. The van der Waals surface area contributed by atoms with E-state index < -0.39 is 4.92 Å². The van der Waals surface area contributed by atoms with Crippen LogP contribution in [0.5, 0.6) is 0 Å². The van der Waals surface area contributed by atoms with Crippen molar-refractivity contribution in [1.29, 1.82) is 0 Å². The molecule has 0 radical (unpaired) electrons. The number of hydrogen-bond donors (Lipinski definition) is 1. The van der Waals surface area contributed by atoms with E-state index in [9.17, 15) is 10.1 Å². The summed E-state index contributed by atoms with van der Waals surface area (Å²) < 4.78 is 0. The van der Waals surface area contributed by atoms with E-state index >= 15 is 0 Å². The summed E-state index contributed by atoms with van der Waals surface area (Å²) in [6, 6.07) is 3.08. The Balaban J connectivity index is 2.78. The van der Waals surface area contributed by atoms with Crippen molar-refractivity contribution in [3.63, 3.8) is 0 Å². The lowest BCUT2D eigenvalue weighted by Gasteiger charge is -1.96. The quantitative estimate of drug-likeness (QED) is 0.531. The highest BCUT2D eigenvalue weighted by molar-refractivity contribution is 5.26. The SMILES string of the molecule is CNCc1ccc([N+](=O)[O-])cn1. The summed E-state index contributed by atoms with van der Waals surface area (Å²) in [5.41, 5.74) is 0.818. The van der Waals surface area contributed by atoms with Crippen LogP contribution in [0.4, 0.5) is 5.69 Å². The van der Waals surface area contributed by atoms with E-state index in [1.54, 1.807) is 13.1 Å². The second kappa shape index (κ2) is 3.77. The van der Waals surface area contributed by atoms with Crippen LogP contribution >= 0.6 is 0 Å². The van der Waals surface area contributed by atoms with E-state index in [-0.39, 0.29) is 5.69 Å². The van der Waals surface area contributed by atoms with Crippen molar-refractivity contribution >= 4 is 5.69 Å². The van der Waals surface area contributed by atoms with E-state index in [1.807, 2.05) is 0 Å². The first kappa shape index (κ1) is 8.61. The molecule has 1 N–H and O–H groups in total. The van der Waals surface area contributed by atoms with Crippen molar-refractivity contribution in [2.24, 2.45) is 0 Å². The zero-order valence-electron chi connectivity index (χ0n) is 6.65. The monoisotopic (exact) mass is 167 g/mol. The first-order chi connectivity index (χ1) is 5.74. The number of hydrogen-bond acceptors (Lipinski definition) is 4. The molecule has 0 aliphatic rings. The van der Waals surface area contributed by atoms with Gasteiger partial charge in [-0.1, -0.05) is 0 Å². The van der Waals surface area contributed by atoms with Gasteiger partial charge in [0.15, 0.2) is 0 Å². The van der Waals surface area contributed by atoms with Gasteiger partial charge in [0.1, 0.15) is 6.20 Å². The van der Waals surface area contributed by atoms with Gasteiger partial charge < -0.3 is 5.32 Å². The summed E-state index contributed by atoms with van der Waals surface area (Å²) in [7, 11) is 1.79. The zero-order chi connectivity index (χ0) is 8.97. The molecule has 0 aliphatic heterocycles. The van der Waals surface area contributed by atoms with E-state index in [0.717, 1.165) is 5.69 Å². The maximum Gasteiger partial charge on any atom is 0.287 e.